The number of amides is 1. The van der Waals surface area contributed by atoms with Gasteiger partial charge < -0.3 is 15.2 Å². The zero-order chi connectivity index (χ0) is 18.3. The van der Waals surface area contributed by atoms with Crippen molar-refractivity contribution >= 4 is 5.91 Å². The van der Waals surface area contributed by atoms with Crippen LogP contribution in [0.2, 0.25) is 0 Å². The third kappa shape index (κ3) is 5.29. The van der Waals surface area contributed by atoms with Crippen LogP contribution in [0, 0.1) is 5.41 Å². The number of ether oxygens (including phenoxy) is 1. The van der Waals surface area contributed by atoms with Crippen LogP contribution >= 0.6 is 0 Å². The fraction of sp³-hybridized carbons (Fsp3) is 0.400. The topological polar surface area (TPSA) is 71.5 Å². The Labute approximate surface area is 149 Å². The SMILES string of the molecule is COc1ccc(C(=O)NCCCC(C)(C)CO)cc1-c1ccccn1. The van der Waals surface area contributed by atoms with E-state index in [1.165, 1.54) is 0 Å². The number of aromatic nitrogens is 1. The first-order valence-electron chi connectivity index (χ1n) is 8.45. The second-order valence-corrected chi connectivity index (χ2v) is 6.81. The molecule has 1 aromatic heterocycles. The summed E-state index contributed by atoms with van der Waals surface area (Å²) < 4.78 is 5.39. The molecule has 2 aromatic rings. The van der Waals surface area contributed by atoms with Gasteiger partial charge in [0.1, 0.15) is 5.75 Å². The van der Waals surface area contributed by atoms with Gasteiger partial charge in [0.15, 0.2) is 0 Å². The van der Waals surface area contributed by atoms with Crippen molar-refractivity contribution in [1.29, 1.82) is 0 Å². The van der Waals surface area contributed by atoms with Crippen LogP contribution in [0.5, 0.6) is 5.75 Å². The Morgan fingerprint density at radius 1 is 1.28 bits per heavy atom. The van der Waals surface area contributed by atoms with Crippen molar-refractivity contribution in [2.45, 2.75) is 26.7 Å². The number of rotatable bonds is 8. The highest BCUT2D eigenvalue weighted by Crippen LogP contribution is 2.29. The standard InChI is InChI=1S/C20H26N2O3/c1-20(2,14-23)10-6-12-22-19(24)15-8-9-18(25-3)16(13-15)17-7-4-5-11-21-17/h4-5,7-9,11,13,23H,6,10,12,14H2,1-3H3,(H,22,24). The van der Waals surface area contributed by atoms with Crippen molar-refractivity contribution in [1.82, 2.24) is 10.3 Å². The Hall–Kier alpha value is -2.40. The first kappa shape index (κ1) is 18.9. The van der Waals surface area contributed by atoms with E-state index in [0.29, 0.717) is 17.9 Å². The Bertz CT molecular complexity index is 699. The van der Waals surface area contributed by atoms with Gasteiger partial charge >= 0.3 is 0 Å². The number of hydrogen-bond donors (Lipinski definition) is 2. The third-order valence-corrected chi connectivity index (χ3v) is 4.15. The molecule has 5 nitrogen and oxygen atoms in total. The van der Waals surface area contributed by atoms with Gasteiger partial charge in [-0.25, -0.2) is 0 Å². The van der Waals surface area contributed by atoms with E-state index in [9.17, 15) is 9.90 Å². The van der Waals surface area contributed by atoms with Crippen molar-refractivity contribution in [3.63, 3.8) is 0 Å². The average molecular weight is 342 g/mol. The highest BCUT2D eigenvalue weighted by Gasteiger charge is 2.16. The number of carbonyl (C=O) groups excluding carboxylic acids is 1. The molecule has 0 saturated carbocycles. The molecule has 0 saturated heterocycles. The van der Waals surface area contributed by atoms with E-state index in [-0.39, 0.29) is 17.9 Å². The second-order valence-electron chi connectivity index (χ2n) is 6.81. The van der Waals surface area contributed by atoms with Crippen LogP contribution in [0.15, 0.2) is 42.6 Å². The molecule has 0 fully saturated rings. The van der Waals surface area contributed by atoms with Crippen LogP contribution in [0.4, 0.5) is 0 Å². The minimum absolute atomic E-state index is 0.114. The first-order valence-corrected chi connectivity index (χ1v) is 8.45. The fourth-order valence-corrected chi connectivity index (χ4v) is 2.52. The lowest BCUT2D eigenvalue weighted by molar-refractivity contribution is 0.0948. The summed E-state index contributed by atoms with van der Waals surface area (Å²) in [6.07, 6.45) is 3.39. The lowest BCUT2D eigenvalue weighted by Gasteiger charge is -2.21. The highest BCUT2D eigenvalue weighted by molar-refractivity contribution is 5.96. The van der Waals surface area contributed by atoms with E-state index in [1.54, 1.807) is 31.5 Å². The number of aliphatic hydroxyl groups is 1. The maximum Gasteiger partial charge on any atom is 0.251 e. The Morgan fingerprint density at radius 2 is 2.08 bits per heavy atom. The molecule has 0 aliphatic carbocycles. The number of pyridine rings is 1. The maximum atomic E-state index is 12.4. The molecule has 25 heavy (non-hydrogen) atoms. The Kier molecular flexibility index (Phi) is 6.53. The van der Waals surface area contributed by atoms with E-state index < -0.39 is 0 Å². The molecule has 0 aliphatic heterocycles. The van der Waals surface area contributed by atoms with E-state index in [1.807, 2.05) is 32.0 Å². The number of nitrogens with one attached hydrogen (secondary N) is 1. The van der Waals surface area contributed by atoms with E-state index in [0.717, 1.165) is 24.1 Å². The predicted octanol–water partition coefficient (Wildman–Crippen LogP) is 3.29. The molecule has 0 spiro atoms. The number of carbonyl (C=O) groups is 1. The summed E-state index contributed by atoms with van der Waals surface area (Å²) in [5, 5.41) is 12.2. The molecule has 0 atom stereocenters. The van der Waals surface area contributed by atoms with Crippen molar-refractivity contribution in [3.8, 4) is 17.0 Å². The van der Waals surface area contributed by atoms with Gasteiger partial charge in [-0.05, 0) is 48.6 Å². The number of benzene rings is 1. The van der Waals surface area contributed by atoms with Gasteiger partial charge in [0.05, 0.1) is 12.8 Å². The maximum absolute atomic E-state index is 12.4. The molecule has 134 valence electrons. The number of nitrogens with zero attached hydrogens (tertiary/aromatic N) is 1. The molecule has 2 rings (SSSR count). The summed E-state index contributed by atoms with van der Waals surface area (Å²) in [5.74, 6) is 0.557. The zero-order valence-corrected chi connectivity index (χ0v) is 15.1. The zero-order valence-electron chi connectivity index (χ0n) is 15.1. The first-order chi connectivity index (χ1) is 12.0. The van der Waals surface area contributed by atoms with E-state index >= 15 is 0 Å². The number of methoxy groups -OCH3 is 1. The van der Waals surface area contributed by atoms with Gasteiger partial charge in [0, 0.05) is 30.5 Å². The molecule has 1 amide bonds. The summed E-state index contributed by atoms with van der Waals surface area (Å²) in [6.45, 7) is 4.74. The molecule has 0 radical (unpaired) electrons. The van der Waals surface area contributed by atoms with Gasteiger partial charge in [-0.3, -0.25) is 9.78 Å². The smallest absolute Gasteiger partial charge is 0.251 e. The summed E-state index contributed by atoms with van der Waals surface area (Å²) in [4.78, 5) is 16.7. The lowest BCUT2D eigenvalue weighted by atomic mass is 9.89. The third-order valence-electron chi connectivity index (χ3n) is 4.15. The lowest BCUT2D eigenvalue weighted by Crippen LogP contribution is -2.26. The predicted molar refractivity (Wildman–Crippen MR) is 98.7 cm³/mol. The van der Waals surface area contributed by atoms with Gasteiger partial charge in [-0.2, -0.15) is 0 Å². The van der Waals surface area contributed by atoms with Crippen LogP contribution in [0.25, 0.3) is 11.3 Å². The molecule has 1 heterocycles. The molecule has 0 aliphatic rings. The van der Waals surface area contributed by atoms with Crippen LogP contribution in [0.1, 0.15) is 37.0 Å². The summed E-state index contributed by atoms with van der Waals surface area (Å²) >= 11 is 0. The number of aliphatic hydroxyl groups excluding tert-OH is 1. The Morgan fingerprint density at radius 3 is 2.72 bits per heavy atom. The molecule has 1 aromatic carbocycles. The largest absolute Gasteiger partial charge is 0.496 e. The van der Waals surface area contributed by atoms with Gasteiger partial charge in [0.25, 0.3) is 5.91 Å². The molecule has 0 bridgehead atoms. The van der Waals surface area contributed by atoms with E-state index in [4.69, 9.17) is 4.74 Å². The molecule has 5 heteroatoms. The molecular formula is C20H26N2O3. The highest BCUT2D eigenvalue weighted by atomic mass is 16.5. The second kappa shape index (κ2) is 8.62. The van der Waals surface area contributed by atoms with Crippen molar-refractivity contribution in [2.75, 3.05) is 20.3 Å². The summed E-state index contributed by atoms with van der Waals surface area (Å²) in [7, 11) is 1.60. The van der Waals surface area contributed by atoms with Crippen molar-refractivity contribution in [2.24, 2.45) is 5.41 Å². The van der Waals surface area contributed by atoms with Crippen molar-refractivity contribution in [3.05, 3.63) is 48.2 Å². The van der Waals surface area contributed by atoms with Crippen molar-refractivity contribution < 1.29 is 14.6 Å². The van der Waals surface area contributed by atoms with E-state index in [2.05, 4.69) is 10.3 Å². The van der Waals surface area contributed by atoms with Crippen LogP contribution in [-0.2, 0) is 0 Å². The quantitative estimate of drug-likeness (QED) is 0.722. The Balaban J connectivity index is 2.05. The molecular weight excluding hydrogens is 316 g/mol. The van der Waals surface area contributed by atoms with Crippen LogP contribution < -0.4 is 10.1 Å². The molecule has 2 N–H and O–H groups in total. The van der Waals surface area contributed by atoms with Crippen LogP contribution in [-0.4, -0.2) is 36.3 Å². The summed E-state index contributed by atoms with van der Waals surface area (Å²) in [6, 6.07) is 11.0. The minimum Gasteiger partial charge on any atom is -0.496 e. The minimum atomic E-state index is -0.123. The average Bonchev–Trinajstić information content (AvgIpc) is 2.65. The normalized spacial score (nSPS) is 11.2. The van der Waals surface area contributed by atoms with Gasteiger partial charge in [-0.1, -0.05) is 19.9 Å². The number of hydrogen-bond acceptors (Lipinski definition) is 4. The van der Waals surface area contributed by atoms with Gasteiger partial charge in [0.2, 0.25) is 0 Å². The summed E-state index contributed by atoms with van der Waals surface area (Å²) in [5.41, 5.74) is 2.01. The van der Waals surface area contributed by atoms with Gasteiger partial charge in [-0.15, -0.1) is 0 Å². The fourth-order valence-electron chi connectivity index (χ4n) is 2.52. The molecule has 0 unspecified atom stereocenters. The van der Waals surface area contributed by atoms with Crippen LogP contribution in [0.3, 0.4) is 0 Å². The monoisotopic (exact) mass is 342 g/mol.